The molecule has 1 N–H and O–H groups in total. The van der Waals surface area contributed by atoms with Crippen molar-refractivity contribution in [3.63, 3.8) is 0 Å². The van der Waals surface area contributed by atoms with E-state index in [0.29, 0.717) is 43.6 Å². The van der Waals surface area contributed by atoms with Gasteiger partial charge in [0.2, 0.25) is 5.91 Å². The summed E-state index contributed by atoms with van der Waals surface area (Å²) in [5, 5.41) is 15.4. The fraction of sp³-hybridized carbons (Fsp3) is 0.500. The van der Waals surface area contributed by atoms with E-state index >= 15 is 0 Å². The smallest absolute Gasteiger partial charge is 0.224 e. The third-order valence-electron chi connectivity index (χ3n) is 5.82. The number of amides is 1. The third-order valence-corrected chi connectivity index (χ3v) is 5.82. The second-order valence-corrected chi connectivity index (χ2v) is 7.88. The lowest BCUT2D eigenvalue weighted by molar-refractivity contribution is -0.136. The first-order valence-corrected chi connectivity index (χ1v) is 9.85. The predicted molar refractivity (Wildman–Crippen MR) is 107 cm³/mol. The summed E-state index contributed by atoms with van der Waals surface area (Å²) in [4.78, 5) is 26.4. The van der Waals surface area contributed by atoms with Crippen LogP contribution in [0.15, 0.2) is 30.3 Å². The van der Waals surface area contributed by atoms with Crippen LogP contribution in [0.25, 0.3) is 0 Å². The van der Waals surface area contributed by atoms with Gasteiger partial charge in [-0.3, -0.25) is 14.3 Å². The van der Waals surface area contributed by atoms with Crippen LogP contribution in [0, 0.1) is 13.8 Å². The molecule has 0 radical (unpaired) electrons. The molecule has 0 saturated carbocycles. The van der Waals surface area contributed by atoms with Gasteiger partial charge in [0.1, 0.15) is 0 Å². The average molecular weight is 383 g/mol. The summed E-state index contributed by atoms with van der Waals surface area (Å²) < 4.78 is 1.79. The first kappa shape index (κ1) is 20.3. The summed E-state index contributed by atoms with van der Waals surface area (Å²) in [6, 6.07) is 9.54. The lowest BCUT2D eigenvalue weighted by atomic mass is 9.84. The molecule has 0 bridgehead atoms. The van der Waals surface area contributed by atoms with Crippen LogP contribution in [0.3, 0.4) is 0 Å². The Morgan fingerprint density at radius 2 is 1.79 bits per heavy atom. The Morgan fingerprint density at radius 3 is 2.32 bits per heavy atom. The maximum Gasteiger partial charge on any atom is 0.224 e. The minimum Gasteiger partial charge on any atom is -0.385 e. The fourth-order valence-corrected chi connectivity index (χ4v) is 4.23. The van der Waals surface area contributed by atoms with Crippen molar-refractivity contribution < 1.29 is 14.7 Å². The van der Waals surface area contributed by atoms with E-state index in [1.54, 1.807) is 11.6 Å². The highest BCUT2D eigenvalue weighted by atomic mass is 16.3. The molecule has 1 aliphatic rings. The number of ketones is 1. The largest absolute Gasteiger partial charge is 0.385 e. The summed E-state index contributed by atoms with van der Waals surface area (Å²) in [5.41, 5.74) is 2.20. The van der Waals surface area contributed by atoms with Gasteiger partial charge in [0, 0.05) is 25.2 Å². The van der Waals surface area contributed by atoms with Gasteiger partial charge >= 0.3 is 0 Å². The Morgan fingerprint density at radius 1 is 1.18 bits per heavy atom. The van der Waals surface area contributed by atoms with Crippen LogP contribution in [-0.4, -0.2) is 44.6 Å². The number of aryl methyl sites for hydroxylation is 1. The van der Waals surface area contributed by atoms with E-state index in [2.05, 4.69) is 5.10 Å². The number of nitrogens with zero attached hydrogens (tertiary/aromatic N) is 3. The zero-order valence-electron chi connectivity index (χ0n) is 17.1. The number of likely N-dealkylation sites (tertiary alicyclic amines) is 1. The summed E-state index contributed by atoms with van der Waals surface area (Å²) in [6.45, 7) is 8.26. The number of carbonyl (C=O) groups excluding carboxylic acids is 2. The van der Waals surface area contributed by atoms with Crippen LogP contribution in [0.1, 0.15) is 66.5 Å². The van der Waals surface area contributed by atoms with Crippen LogP contribution < -0.4 is 0 Å². The van der Waals surface area contributed by atoms with Crippen LogP contribution in [0.5, 0.6) is 0 Å². The first-order valence-electron chi connectivity index (χ1n) is 9.85. The molecule has 6 nitrogen and oxygen atoms in total. The lowest BCUT2D eigenvalue weighted by Crippen LogP contribution is -2.45. The number of rotatable bonds is 5. The molecule has 1 saturated heterocycles. The van der Waals surface area contributed by atoms with Crippen LogP contribution >= 0.6 is 0 Å². The normalized spacial score (nSPS) is 17.4. The maximum absolute atomic E-state index is 12.8. The lowest BCUT2D eigenvalue weighted by Gasteiger charge is -2.39. The Kier molecular flexibility index (Phi) is 5.70. The Hall–Kier alpha value is -2.47. The molecule has 1 aliphatic heterocycles. The molecule has 6 heteroatoms. The number of carbonyl (C=O) groups is 2. The van der Waals surface area contributed by atoms with Gasteiger partial charge in [-0.1, -0.05) is 30.3 Å². The topological polar surface area (TPSA) is 75.4 Å². The number of Topliss-reactive ketones (excluding diaryl/α,β-unsaturated/α-hetero) is 1. The quantitative estimate of drug-likeness (QED) is 0.805. The second kappa shape index (κ2) is 7.87. The number of piperidine rings is 1. The first-order chi connectivity index (χ1) is 13.2. The van der Waals surface area contributed by atoms with Crippen LogP contribution in [0.4, 0.5) is 0 Å². The zero-order valence-corrected chi connectivity index (χ0v) is 17.1. The van der Waals surface area contributed by atoms with E-state index in [0.717, 1.165) is 11.3 Å². The third kappa shape index (κ3) is 3.87. The van der Waals surface area contributed by atoms with Crippen molar-refractivity contribution >= 4 is 11.7 Å². The molecular formula is C22H29N3O3. The van der Waals surface area contributed by atoms with Crippen LogP contribution in [-0.2, 0) is 10.4 Å². The molecule has 3 rings (SSSR count). The van der Waals surface area contributed by atoms with Gasteiger partial charge in [-0.05, 0) is 46.1 Å². The van der Waals surface area contributed by atoms with Crippen molar-refractivity contribution in [2.24, 2.45) is 0 Å². The van der Waals surface area contributed by atoms with E-state index in [9.17, 15) is 14.7 Å². The molecule has 2 heterocycles. The molecule has 0 spiro atoms. The van der Waals surface area contributed by atoms with Gasteiger partial charge < -0.3 is 10.0 Å². The molecule has 1 aromatic heterocycles. The van der Waals surface area contributed by atoms with Gasteiger partial charge in [0.15, 0.2) is 5.78 Å². The van der Waals surface area contributed by atoms with E-state index in [4.69, 9.17) is 0 Å². The number of aliphatic hydroxyl groups is 1. The highest BCUT2D eigenvalue weighted by molar-refractivity contribution is 5.96. The van der Waals surface area contributed by atoms with Gasteiger partial charge in [0.05, 0.1) is 22.9 Å². The second-order valence-electron chi connectivity index (χ2n) is 7.88. The number of aromatic nitrogens is 2. The minimum absolute atomic E-state index is 0.00370. The van der Waals surface area contributed by atoms with E-state index in [-0.39, 0.29) is 17.7 Å². The van der Waals surface area contributed by atoms with Crippen molar-refractivity contribution in [2.45, 2.75) is 58.6 Å². The molecule has 0 aliphatic carbocycles. The molecule has 0 unspecified atom stereocenters. The zero-order chi connectivity index (χ0) is 20.5. The molecule has 1 amide bonds. The SMILES string of the molecule is CC(=O)c1c(C)nn([C@@H](C)CC(=O)N2CCC(O)(c3ccccc3)CC2)c1C. The van der Waals surface area contributed by atoms with Crippen molar-refractivity contribution in [3.8, 4) is 0 Å². The molecule has 1 fully saturated rings. The van der Waals surface area contributed by atoms with Gasteiger partial charge in [-0.15, -0.1) is 0 Å². The van der Waals surface area contributed by atoms with Gasteiger partial charge in [0.25, 0.3) is 0 Å². The molecular weight excluding hydrogens is 354 g/mol. The van der Waals surface area contributed by atoms with E-state index < -0.39 is 5.60 Å². The highest BCUT2D eigenvalue weighted by Crippen LogP contribution is 2.33. The fourth-order valence-electron chi connectivity index (χ4n) is 4.23. The Balaban J connectivity index is 1.63. The van der Waals surface area contributed by atoms with E-state index in [1.807, 2.05) is 56.0 Å². The van der Waals surface area contributed by atoms with Gasteiger partial charge in [-0.25, -0.2) is 0 Å². The summed E-state index contributed by atoms with van der Waals surface area (Å²) in [7, 11) is 0. The van der Waals surface area contributed by atoms with Crippen molar-refractivity contribution in [3.05, 3.63) is 52.8 Å². The predicted octanol–water partition coefficient (Wildman–Crippen LogP) is 3.16. The van der Waals surface area contributed by atoms with Gasteiger partial charge in [-0.2, -0.15) is 5.10 Å². The summed E-state index contributed by atoms with van der Waals surface area (Å²) >= 11 is 0. The number of benzene rings is 1. The maximum atomic E-state index is 12.8. The van der Waals surface area contributed by atoms with Crippen molar-refractivity contribution in [2.75, 3.05) is 13.1 Å². The molecule has 2 aromatic rings. The molecule has 28 heavy (non-hydrogen) atoms. The summed E-state index contributed by atoms with van der Waals surface area (Å²) in [6.07, 6.45) is 1.39. The average Bonchev–Trinajstić information content (AvgIpc) is 2.97. The van der Waals surface area contributed by atoms with Crippen molar-refractivity contribution in [1.82, 2.24) is 14.7 Å². The highest BCUT2D eigenvalue weighted by Gasteiger charge is 2.35. The molecule has 1 aromatic carbocycles. The molecule has 1 atom stereocenters. The van der Waals surface area contributed by atoms with E-state index in [1.165, 1.54) is 0 Å². The summed E-state index contributed by atoms with van der Waals surface area (Å²) in [5.74, 6) is 0.0514. The Labute approximate surface area is 166 Å². The number of hydrogen-bond donors (Lipinski definition) is 1. The minimum atomic E-state index is -0.865. The van der Waals surface area contributed by atoms with Crippen molar-refractivity contribution in [1.29, 1.82) is 0 Å². The molecule has 150 valence electrons. The Bertz CT molecular complexity index is 865. The monoisotopic (exact) mass is 383 g/mol. The number of hydrogen-bond acceptors (Lipinski definition) is 4. The standard InChI is InChI=1S/C22H29N3O3/c1-15(25-17(3)21(18(4)26)16(2)23-25)14-20(27)24-12-10-22(28,11-13-24)19-8-6-5-7-9-19/h5-9,15,28H,10-14H2,1-4H3/t15-/m0/s1. The van der Waals surface area contributed by atoms with Crippen LogP contribution in [0.2, 0.25) is 0 Å².